The molecule has 2 rings (SSSR count). The second kappa shape index (κ2) is 7.68. The average molecular weight is 292 g/mol. The molecule has 2 heterocycles. The van der Waals surface area contributed by atoms with E-state index in [4.69, 9.17) is 5.11 Å². The van der Waals surface area contributed by atoms with E-state index in [0.717, 1.165) is 38.4 Å². The summed E-state index contributed by atoms with van der Waals surface area (Å²) in [5.41, 5.74) is 2.99. The first-order valence-electron chi connectivity index (χ1n) is 5.77. The van der Waals surface area contributed by atoms with Crippen LogP contribution in [0.1, 0.15) is 12.1 Å². The fourth-order valence-electron chi connectivity index (χ4n) is 1.97. The average Bonchev–Trinajstić information content (AvgIpc) is 2.81. The Morgan fingerprint density at radius 2 is 2.00 bits per heavy atom. The standard InChI is InChI=1S/C11H17N3O2S.ClH/c15-11(16)1-2-13-3-5-14(6-4-13)7-10-8-17-9-12-10;/h8-9H,1-7H2,(H,15,16);1H. The van der Waals surface area contributed by atoms with Crippen molar-refractivity contribution in [1.29, 1.82) is 0 Å². The van der Waals surface area contributed by atoms with Crippen LogP contribution in [-0.2, 0) is 11.3 Å². The van der Waals surface area contributed by atoms with Gasteiger partial charge < -0.3 is 10.0 Å². The molecule has 0 bridgehead atoms. The minimum Gasteiger partial charge on any atom is -0.481 e. The van der Waals surface area contributed by atoms with Crippen LogP contribution in [0.2, 0.25) is 0 Å². The maximum absolute atomic E-state index is 10.5. The number of nitrogens with zero attached hydrogens (tertiary/aromatic N) is 3. The summed E-state index contributed by atoms with van der Waals surface area (Å²) >= 11 is 1.63. The Kier molecular flexibility index (Phi) is 6.56. The lowest BCUT2D eigenvalue weighted by molar-refractivity contribution is -0.137. The summed E-state index contributed by atoms with van der Waals surface area (Å²) in [5.74, 6) is -0.713. The molecular formula is C11H18ClN3O2S. The SMILES string of the molecule is Cl.O=C(O)CCN1CCN(Cc2cscn2)CC1. The maximum Gasteiger partial charge on any atom is 0.304 e. The molecule has 0 radical (unpaired) electrons. The summed E-state index contributed by atoms with van der Waals surface area (Å²) in [4.78, 5) is 19.3. The van der Waals surface area contributed by atoms with Crippen molar-refractivity contribution in [1.82, 2.24) is 14.8 Å². The van der Waals surface area contributed by atoms with Gasteiger partial charge >= 0.3 is 5.97 Å². The second-order valence-electron chi connectivity index (χ2n) is 4.24. The molecule has 1 fully saturated rings. The van der Waals surface area contributed by atoms with Crippen molar-refractivity contribution in [2.75, 3.05) is 32.7 Å². The Balaban J connectivity index is 0.00000162. The van der Waals surface area contributed by atoms with Crippen molar-refractivity contribution in [3.05, 3.63) is 16.6 Å². The molecule has 1 aliphatic heterocycles. The van der Waals surface area contributed by atoms with Crippen LogP contribution in [-0.4, -0.2) is 58.6 Å². The minimum atomic E-state index is -0.713. The van der Waals surface area contributed by atoms with E-state index in [1.54, 1.807) is 11.3 Å². The van der Waals surface area contributed by atoms with E-state index in [-0.39, 0.29) is 18.8 Å². The predicted octanol–water partition coefficient (Wildman–Crippen LogP) is 1.16. The molecule has 102 valence electrons. The van der Waals surface area contributed by atoms with Crippen LogP contribution in [0.25, 0.3) is 0 Å². The Labute approximate surface area is 117 Å². The Morgan fingerprint density at radius 3 is 2.56 bits per heavy atom. The number of halogens is 1. The van der Waals surface area contributed by atoms with Gasteiger partial charge in [0.15, 0.2) is 0 Å². The zero-order chi connectivity index (χ0) is 12.1. The molecule has 1 aromatic rings. The molecule has 1 N–H and O–H groups in total. The molecule has 0 aliphatic carbocycles. The lowest BCUT2D eigenvalue weighted by Gasteiger charge is -2.33. The number of thiazole rings is 1. The molecule has 7 heteroatoms. The zero-order valence-corrected chi connectivity index (χ0v) is 11.8. The number of hydrogen-bond acceptors (Lipinski definition) is 5. The summed E-state index contributed by atoms with van der Waals surface area (Å²) < 4.78 is 0. The van der Waals surface area contributed by atoms with Crippen LogP contribution < -0.4 is 0 Å². The van der Waals surface area contributed by atoms with E-state index in [1.165, 1.54) is 0 Å². The fraction of sp³-hybridized carbons (Fsp3) is 0.636. The van der Waals surface area contributed by atoms with Gasteiger partial charge in [0.05, 0.1) is 17.6 Å². The normalized spacial score (nSPS) is 17.3. The van der Waals surface area contributed by atoms with Crippen molar-refractivity contribution < 1.29 is 9.90 Å². The number of carboxylic acids is 1. The van der Waals surface area contributed by atoms with Gasteiger partial charge in [-0.05, 0) is 0 Å². The highest BCUT2D eigenvalue weighted by molar-refractivity contribution is 7.07. The molecule has 0 atom stereocenters. The van der Waals surface area contributed by atoms with E-state index in [0.29, 0.717) is 6.54 Å². The Bertz CT molecular complexity index is 353. The van der Waals surface area contributed by atoms with E-state index >= 15 is 0 Å². The third kappa shape index (κ3) is 4.89. The van der Waals surface area contributed by atoms with Gasteiger partial charge in [-0.1, -0.05) is 0 Å². The summed E-state index contributed by atoms with van der Waals surface area (Å²) in [6.07, 6.45) is 0.242. The fourth-order valence-corrected chi connectivity index (χ4v) is 2.52. The van der Waals surface area contributed by atoms with Gasteiger partial charge in [0.2, 0.25) is 0 Å². The molecule has 18 heavy (non-hydrogen) atoms. The van der Waals surface area contributed by atoms with E-state index in [2.05, 4.69) is 20.2 Å². The van der Waals surface area contributed by atoms with Crippen molar-refractivity contribution in [3.63, 3.8) is 0 Å². The van der Waals surface area contributed by atoms with Gasteiger partial charge in [-0.25, -0.2) is 4.98 Å². The van der Waals surface area contributed by atoms with E-state index in [9.17, 15) is 4.79 Å². The highest BCUT2D eigenvalue weighted by Crippen LogP contribution is 2.09. The van der Waals surface area contributed by atoms with Crippen molar-refractivity contribution >= 4 is 29.7 Å². The highest BCUT2D eigenvalue weighted by atomic mass is 35.5. The first-order chi connectivity index (χ1) is 8.24. The summed E-state index contributed by atoms with van der Waals surface area (Å²) in [5, 5.41) is 10.7. The number of piperazine rings is 1. The predicted molar refractivity (Wildman–Crippen MR) is 73.3 cm³/mol. The van der Waals surface area contributed by atoms with Gasteiger partial charge in [0.1, 0.15) is 0 Å². The van der Waals surface area contributed by atoms with Crippen LogP contribution in [0.5, 0.6) is 0 Å². The number of carboxylic acid groups (broad SMARTS) is 1. The molecule has 5 nitrogen and oxygen atoms in total. The van der Waals surface area contributed by atoms with Gasteiger partial charge in [0.25, 0.3) is 0 Å². The van der Waals surface area contributed by atoms with Crippen molar-refractivity contribution in [2.45, 2.75) is 13.0 Å². The molecule has 1 aliphatic rings. The Morgan fingerprint density at radius 1 is 1.33 bits per heavy atom. The monoisotopic (exact) mass is 291 g/mol. The molecule has 0 amide bonds. The van der Waals surface area contributed by atoms with Crippen LogP contribution in [0, 0.1) is 0 Å². The van der Waals surface area contributed by atoms with Crippen molar-refractivity contribution in [3.8, 4) is 0 Å². The molecule has 0 aromatic carbocycles. The zero-order valence-electron chi connectivity index (χ0n) is 10.1. The van der Waals surface area contributed by atoms with Crippen LogP contribution >= 0.6 is 23.7 Å². The van der Waals surface area contributed by atoms with Gasteiger partial charge in [-0.2, -0.15) is 0 Å². The summed E-state index contributed by atoms with van der Waals surface area (Å²) in [7, 11) is 0. The van der Waals surface area contributed by atoms with Gasteiger partial charge in [-0.3, -0.25) is 9.69 Å². The van der Waals surface area contributed by atoms with E-state index < -0.39 is 5.97 Å². The number of hydrogen-bond donors (Lipinski definition) is 1. The maximum atomic E-state index is 10.5. The number of aromatic nitrogens is 1. The summed E-state index contributed by atoms with van der Waals surface area (Å²) in [6.45, 7) is 5.49. The number of rotatable bonds is 5. The third-order valence-electron chi connectivity index (χ3n) is 2.98. The van der Waals surface area contributed by atoms with Gasteiger partial charge in [0, 0.05) is 44.6 Å². The number of aliphatic carboxylic acids is 1. The Hall–Kier alpha value is -0.690. The lowest BCUT2D eigenvalue weighted by Crippen LogP contribution is -2.46. The van der Waals surface area contributed by atoms with Crippen LogP contribution in [0.4, 0.5) is 0 Å². The van der Waals surface area contributed by atoms with Crippen molar-refractivity contribution in [2.24, 2.45) is 0 Å². The largest absolute Gasteiger partial charge is 0.481 e. The first kappa shape index (κ1) is 15.4. The van der Waals surface area contributed by atoms with Crippen LogP contribution in [0.15, 0.2) is 10.9 Å². The highest BCUT2D eigenvalue weighted by Gasteiger charge is 2.17. The van der Waals surface area contributed by atoms with E-state index in [1.807, 2.05) is 5.51 Å². The molecule has 0 unspecified atom stereocenters. The third-order valence-corrected chi connectivity index (χ3v) is 3.61. The minimum absolute atomic E-state index is 0. The first-order valence-corrected chi connectivity index (χ1v) is 6.72. The quantitative estimate of drug-likeness (QED) is 0.882. The van der Waals surface area contributed by atoms with Crippen LogP contribution in [0.3, 0.4) is 0 Å². The molecule has 0 spiro atoms. The topological polar surface area (TPSA) is 56.7 Å². The molecular weight excluding hydrogens is 274 g/mol. The second-order valence-corrected chi connectivity index (χ2v) is 4.96. The lowest BCUT2D eigenvalue weighted by atomic mass is 10.2. The smallest absolute Gasteiger partial charge is 0.304 e. The number of carbonyl (C=O) groups is 1. The summed E-state index contributed by atoms with van der Waals surface area (Å²) in [6, 6.07) is 0. The molecule has 1 saturated heterocycles. The molecule has 0 saturated carbocycles. The molecule has 1 aromatic heterocycles. The van der Waals surface area contributed by atoms with Gasteiger partial charge in [-0.15, -0.1) is 23.7 Å².